The van der Waals surface area contributed by atoms with Gasteiger partial charge in [-0.2, -0.15) is 0 Å². The van der Waals surface area contributed by atoms with Crippen molar-refractivity contribution in [3.63, 3.8) is 0 Å². The highest BCUT2D eigenvalue weighted by atomic mass is 16.1. The third-order valence-electron chi connectivity index (χ3n) is 6.20. The molecule has 1 aliphatic rings. The Hall–Kier alpha value is -2.53. The second-order valence-corrected chi connectivity index (χ2v) is 8.40. The van der Waals surface area contributed by atoms with Crippen LogP contribution in [0.1, 0.15) is 55.2 Å². The first kappa shape index (κ1) is 18.8. The van der Waals surface area contributed by atoms with Crippen molar-refractivity contribution in [2.75, 3.05) is 18.8 Å². The number of anilines is 1. The van der Waals surface area contributed by atoms with E-state index in [-0.39, 0.29) is 5.56 Å². The summed E-state index contributed by atoms with van der Waals surface area (Å²) in [5.41, 5.74) is 13.1. The highest BCUT2D eigenvalue weighted by Gasteiger charge is 2.22. The first-order valence-corrected chi connectivity index (χ1v) is 10.2. The molecule has 28 heavy (non-hydrogen) atoms. The van der Waals surface area contributed by atoms with Crippen LogP contribution in [0.3, 0.4) is 0 Å². The van der Waals surface area contributed by atoms with Gasteiger partial charge in [0.1, 0.15) is 5.69 Å². The monoisotopic (exact) mass is 378 g/mol. The maximum absolute atomic E-state index is 12.2. The average molecular weight is 379 g/mol. The summed E-state index contributed by atoms with van der Waals surface area (Å²) in [6, 6.07) is 6.86. The van der Waals surface area contributed by atoms with Gasteiger partial charge in [-0.1, -0.05) is 19.9 Å². The van der Waals surface area contributed by atoms with Crippen LogP contribution >= 0.6 is 0 Å². The van der Waals surface area contributed by atoms with Crippen molar-refractivity contribution in [3.05, 3.63) is 51.4 Å². The second-order valence-electron chi connectivity index (χ2n) is 8.40. The topological polar surface area (TPSA) is 75.8 Å². The van der Waals surface area contributed by atoms with E-state index in [9.17, 15) is 4.79 Å². The number of rotatable bonds is 3. The Morgan fingerprint density at radius 3 is 2.61 bits per heavy atom. The summed E-state index contributed by atoms with van der Waals surface area (Å²) in [4.78, 5) is 15.8. The van der Waals surface area contributed by atoms with E-state index in [0.29, 0.717) is 17.5 Å². The summed E-state index contributed by atoms with van der Waals surface area (Å²) in [6.45, 7) is 8.57. The van der Waals surface area contributed by atoms with E-state index < -0.39 is 0 Å². The number of aromatic amines is 1. The first-order valence-electron chi connectivity index (χ1n) is 10.2. The molecule has 0 bridgehead atoms. The second kappa shape index (κ2) is 7.13. The molecular formula is C23H30N4O. The van der Waals surface area contributed by atoms with E-state index in [4.69, 9.17) is 5.73 Å². The number of piperidine rings is 1. The molecule has 148 valence electrons. The van der Waals surface area contributed by atoms with Crippen LogP contribution in [-0.4, -0.2) is 22.6 Å². The summed E-state index contributed by atoms with van der Waals surface area (Å²) in [5.74, 6) is 0.976. The quantitative estimate of drug-likeness (QED) is 0.644. The fourth-order valence-electron chi connectivity index (χ4n) is 4.55. The highest BCUT2D eigenvalue weighted by molar-refractivity contribution is 5.92. The largest absolute Gasteiger partial charge is 0.394 e. The molecule has 2 aromatic heterocycles. The number of pyridine rings is 1. The summed E-state index contributed by atoms with van der Waals surface area (Å²) >= 11 is 0. The number of fused-ring (bicyclic) bond motifs is 1. The lowest BCUT2D eigenvalue weighted by Gasteiger charge is -2.23. The normalized spacial score (nSPS) is 15.6. The molecule has 0 spiro atoms. The Kier molecular flexibility index (Phi) is 4.79. The molecule has 0 atom stereocenters. The van der Waals surface area contributed by atoms with Gasteiger partial charge in [-0.3, -0.25) is 4.79 Å². The number of aromatic nitrogens is 2. The smallest absolute Gasteiger partial charge is 0.273 e. The number of hydrogen-bond acceptors (Lipinski definition) is 3. The van der Waals surface area contributed by atoms with Gasteiger partial charge in [0.05, 0.1) is 5.69 Å². The molecule has 1 saturated heterocycles. The van der Waals surface area contributed by atoms with E-state index in [1.165, 1.54) is 29.4 Å². The van der Waals surface area contributed by atoms with E-state index in [1.54, 1.807) is 11.6 Å². The van der Waals surface area contributed by atoms with Crippen LogP contribution in [0.25, 0.3) is 22.2 Å². The Labute approximate surface area is 166 Å². The SMILES string of the molecule is Cc1c(-c2[nH]c3ccc(C4CCNCC4)cc3c2C(C)C)cn(C)c(=O)c1N. The standard InChI is InChI=1S/C23H30N4O/c1-13(2)20-17-11-16(15-7-9-25-10-8-15)5-6-19(17)26-22(20)18-12-27(4)23(28)21(24)14(18)3/h5-6,11-13,15,25-26H,7-10,24H2,1-4H3. The zero-order chi connectivity index (χ0) is 20.0. The lowest BCUT2D eigenvalue weighted by atomic mass is 9.88. The number of nitrogens with zero attached hydrogens (tertiary/aromatic N) is 1. The molecule has 1 fully saturated rings. The molecule has 5 heteroatoms. The molecule has 4 rings (SSSR count). The third kappa shape index (κ3) is 3.04. The van der Waals surface area contributed by atoms with Crippen LogP contribution in [-0.2, 0) is 7.05 Å². The number of nitrogen functional groups attached to an aromatic ring is 1. The van der Waals surface area contributed by atoms with Crippen LogP contribution < -0.4 is 16.6 Å². The van der Waals surface area contributed by atoms with Gasteiger partial charge in [-0.05, 0) is 73.5 Å². The Balaban J connectivity index is 1.93. The van der Waals surface area contributed by atoms with Gasteiger partial charge in [0.25, 0.3) is 5.56 Å². The van der Waals surface area contributed by atoms with Gasteiger partial charge in [0.2, 0.25) is 0 Å². The zero-order valence-electron chi connectivity index (χ0n) is 17.2. The van der Waals surface area contributed by atoms with Gasteiger partial charge in [-0.15, -0.1) is 0 Å². The highest BCUT2D eigenvalue weighted by Crippen LogP contribution is 2.39. The molecule has 0 unspecified atom stereocenters. The fraction of sp³-hybridized carbons (Fsp3) is 0.435. The number of hydrogen-bond donors (Lipinski definition) is 3. The predicted molar refractivity (Wildman–Crippen MR) is 117 cm³/mol. The molecule has 5 nitrogen and oxygen atoms in total. The summed E-state index contributed by atoms with van der Waals surface area (Å²) in [6.07, 6.45) is 4.28. The number of benzene rings is 1. The average Bonchev–Trinajstić information content (AvgIpc) is 3.08. The van der Waals surface area contributed by atoms with Crippen molar-refractivity contribution in [2.24, 2.45) is 7.05 Å². The Bertz CT molecular complexity index is 1080. The molecule has 1 aromatic carbocycles. The third-order valence-corrected chi connectivity index (χ3v) is 6.20. The van der Waals surface area contributed by atoms with Crippen molar-refractivity contribution in [2.45, 2.75) is 45.4 Å². The maximum atomic E-state index is 12.2. The molecule has 3 heterocycles. The lowest BCUT2D eigenvalue weighted by molar-refractivity contribution is 0.460. The lowest BCUT2D eigenvalue weighted by Crippen LogP contribution is -2.26. The minimum Gasteiger partial charge on any atom is -0.394 e. The van der Waals surface area contributed by atoms with Gasteiger partial charge in [0, 0.05) is 29.7 Å². The predicted octanol–water partition coefficient (Wildman–Crippen LogP) is 4.01. The number of H-pyrrole nitrogens is 1. The van der Waals surface area contributed by atoms with Crippen molar-refractivity contribution in [1.82, 2.24) is 14.9 Å². The Morgan fingerprint density at radius 1 is 1.21 bits per heavy atom. The van der Waals surface area contributed by atoms with Crippen LogP contribution in [0, 0.1) is 6.92 Å². The van der Waals surface area contributed by atoms with Gasteiger partial charge >= 0.3 is 0 Å². The molecule has 1 aliphatic heterocycles. The fourth-order valence-corrected chi connectivity index (χ4v) is 4.55. The molecule has 0 aliphatic carbocycles. The van der Waals surface area contributed by atoms with Crippen LogP contribution in [0.5, 0.6) is 0 Å². The van der Waals surface area contributed by atoms with Crippen molar-refractivity contribution in [3.8, 4) is 11.3 Å². The van der Waals surface area contributed by atoms with E-state index in [2.05, 4.69) is 42.3 Å². The Morgan fingerprint density at radius 2 is 1.93 bits per heavy atom. The van der Waals surface area contributed by atoms with E-state index in [0.717, 1.165) is 35.4 Å². The number of nitrogens with one attached hydrogen (secondary N) is 2. The van der Waals surface area contributed by atoms with E-state index >= 15 is 0 Å². The van der Waals surface area contributed by atoms with Gasteiger partial charge < -0.3 is 20.6 Å². The molecule has 0 amide bonds. The van der Waals surface area contributed by atoms with E-state index in [1.807, 2.05) is 13.1 Å². The summed E-state index contributed by atoms with van der Waals surface area (Å²) in [5, 5.41) is 4.74. The maximum Gasteiger partial charge on any atom is 0.273 e. The first-order chi connectivity index (χ1) is 13.4. The molecule has 0 radical (unpaired) electrons. The van der Waals surface area contributed by atoms with Crippen LogP contribution in [0.4, 0.5) is 5.69 Å². The van der Waals surface area contributed by atoms with Gasteiger partial charge in [0.15, 0.2) is 0 Å². The van der Waals surface area contributed by atoms with Crippen LogP contribution in [0.2, 0.25) is 0 Å². The number of aryl methyl sites for hydroxylation is 1. The molecule has 0 saturated carbocycles. The zero-order valence-corrected chi connectivity index (χ0v) is 17.2. The summed E-state index contributed by atoms with van der Waals surface area (Å²) in [7, 11) is 1.76. The van der Waals surface area contributed by atoms with Gasteiger partial charge in [-0.25, -0.2) is 0 Å². The summed E-state index contributed by atoms with van der Waals surface area (Å²) < 4.78 is 1.58. The van der Waals surface area contributed by atoms with Crippen molar-refractivity contribution < 1.29 is 0 Å². The molecular weight excluding hydrogens is 348 g/mol. The minimum absolute atomic E-state index is 0.142. The molecule has 4 N–H and O–H groups in total. The van der Waals surface area contributed by atoms with Crippen molar-refractivity contribution in [1.29, 1.82) is 0 Å². The molecule has 3 aromatic rings. The minimum atomic E-state index is -0.142. The number of nitrogens with two attached hydrogens (primary N) is 1. The van der Waals surface area contributed by atoms with Crippen LogP contribution in [0.15, 0.2) is 29.2 Å². The van der Waals surface area contributed by atoms with Crippen molar-refractivity contribution >= 4 is 16.6 Å².